The van der Waals surface area contributed by atoms with Gasteiger partial charge in [-0.3, -0.25) is 4.18 Å². The average molecular weight is 262 g/mol. The fourth-order valence-corrected chi connectivity index (χ4v) is 3.88. The molecule has 1 aromatic rings. The molecule has 1 aliphatic heterocycles. The molecule has 1 aromatic carbocycles. The van der Waals surface area contributed by atoms with E-state index in [0.29, 0.717) is 4.90 Å². The highest BCUT2D eigenvalue weighted by Crippen LogP contribution is 2.40. The normalized spacial score (nSPS) is 28.2. The van der Waals surface area contributed by atoms with Crippen molar-refractivity contribution in [3.8, 4) is 0 Å². The van der Waals surface area contributed by atoms with Crippen molar-refractivity contribution < 1.29 is 12.6 Å². The van der Waals surface area contributed by atoms with E-state index in [-0.39, 0.29) is 5.92 Å². The zero-order valence-corrected chi connectivity index (χ0v) is 11.1. The molecule has 0 spiro atoms. The second-order valence-electron chi connectivity index (χ2n) is 4.85. The molecule has 0 fully saturated rings. The molecule has 0 bridgehead atoms. The summed E-state index contributed by atoms with van der Waals surface area (Å²) < 4.78 is 29.5. The van der Waals surface area contributed by atoms with Crippen LogP contribution in [0.2, 0.25) is 0 Å². The second-order valence-corrected chi connectivity index (χ2v) is 6.39. The molecule has 1 aliphatic carbocycles. The van der Waals surface area contributed by atoms with Crippen molar-refractivity contribution in [1.82, 2.24) is 0 Å². The summed E-state index contributed by atoms with van der Waals surface area (Å²) in [5, 5.41) is 0. The van der Waals surface area contributed by atoms with E-state index in [1.54, 1.807) is 6.07 Å². The largest absolute Gasteiger partial charge is 0.297 e. The van der Waals surface area contributed by atoms with Crippen LogP contribution in [0.15, 0.2) is 46.9 Å². The van der Waals surface area contributed by atoms with Gasteiger partial charge in [0, 0.05) is 5.92 Å². The summed E-state index contributed by atoms with van der Waals surface area (Å²) >= 11 is 0. The van der Waals surface area contributed by atoms with Gasteiger partial charge in [-0.2, -0.15) is 8.42 Å². The molecule has 4 heteroatoms. The molecule has 3 rings (SSSR count). The molecule has 0 amide bonds. The monoisotopic (exact) mass is 262 g/mol. The minimum absolute atomic E-state index is 0.00664. The first-order valence-corrected chi connectivity index (χ1v) is 7.29. The molecule has 0 saturated carbocycles. The average Bonchev–Trinajstić information content (AvgIpc) is 2.28. The number of rotatable bonds is 0. The van der Waals surface area contributed by atoms with Gasteiger partial charge in [0.2, 0.25) is 0 Å². The fourth-order valence-electron chi connectivity index (χ4n) is 2.48. The standard InChI is InChI=1S/C14H14O3S/c1-9-3-5-11-12-6-4-10(2)8-14(12)18(15,16)17-13(11)7-9/h3-8,11,13H,1-2H3. The lowest BCUT2D eigenvalue weighted by Crippen LogP contribution is -2.31. The van der Waals surface area contributed by atoms with Gasteiger partial charge in [-0.1, -0.05) is 35.9 Å². The van der Waals surface area contributed by atoms with Crippen LogP contribution in [0.5, 0.6) is 0 Å². The Kier molecular flexibility index (Phi) is 2.47. The summed E-state index contributed by atoms with van der Waals surface area (Å²) in [6.45, 7) is 3.82. The first-order valence-electron chi connectivity index (χ1n) is 5.88. The van der Waals surface area contributed by atoms with E-state index in [2.05, 4.69) is 0 Å². The summed E-state index contributed by atoms with van der Waals surface area (Å²) in [6.07, 6.45) is 5.48. The molecular formula is C14H14O3S. The van der Waals surface area contributed by atoms with Gasteiger partial charge in [0.1, 0.15) is 6.10 Å². The SMILES string of the molecule is CC1=CC2OS(=O)(=O)c3cc(C)ccc3C2C=C1. The highest BCUT2D eigenvalue weighted by molar-refractivity contribution is 7.86. The quantitative estimate of drug-likeness (QED) is 0.675. The zero-order valence-electron chi connectivity index (χ0n) is 10.3. The van der Waals surface area contributed by atoms with E-state index in [4.69, 9.17) is 4.18 Å². The van der Waals surface area contributed by atoms with E-state index in [1.165, 1.54) is 0 Å². The van der Waals surface area contributed by atoms with E-state index in [0.717, 1.165) is 16.7 Å². The van der Waals surface area contributed by atoms with E-state index >= 15 is 0 Å². The topological polar surface area (TPSA) is 43.4 Å². The number of fused-ring (bicyclic) bond motifs is 3. The Balaban J connectivity index is 2.22. The maximum atomic E-state index is 12.1. The van der Waals surface area contributed by atoms with Gasteiger partial charge in [0.15, 0.2) is 0 Å². The van der Waals surface area contributed by atoms with Crippen molar-refractivity contribution >= 4 is 10.1 Å². The Labute approximate surface area is 107 Å². The van der Waals surface area contributed by atoms with Gasteiger partial charge in [-0.15, -0.1) is 0 Å². The number of hydrogen-bond acceptors (Lipinski definition) is 3. The third kappa shape index (κ3) is 1.72. The first-order chi connectivity index (χ1) is 8.47. The van der Waals surface area contributed by atoms with Crippen molar-refractivity contribution in [2.45, 2.75) is 30.8 Å². The second kappa shape index (κ2) is 3.80. The van der Waals surface area contributed by atoms with Crippen molar-refractivity contribution in [1.29, 1.82) is 0 Å². The maximum Gasteiger partial charge on any atom is 0.297 e. The summed E-state index contributed by atoms with van der Waals surface area (Å²) in [5.74, 6) is -0.00664. The van der Waals surface area contributed by atoms with Crippen LogP contribution in [-0.2, 0) is 14.3 Å². The number of allylic oxidation sites excluding steroid dienone is 2. The smallest absolute Gasteiger partial charge is 0.258 e. The summed E-state index contributed by atoms with van der Waals surface area (Å²) in [6, 6.07) is 5.51. The minimum Gasteiger partial charge on any atom is -0.258 e. The summed E-state index contributed by atoms with van der Waals surface area (Å²) in [4.78, 5) is 0.307. The lowest BCUT2D eigenvalue weighted by Gasteiger charge is -2.31. The highest BCUT2D eigenvalue weighted by atomic mass is 32.2. The molecule has 94 valence electrons. The lowest BCUT2D eigenvalue weighted by atomic mass is 9.87. The summed E-state index contributed by atoms with van der Waals surface area (Å²) in [5.41, 5.74) is 2.78. The Morgan fingerprint density at radius 3 is 2.78 bits per heavy atom. The van der Waals surface area contributed by atoms with E-state index in [9.17, 15) is 8.42 Å². The Hall–Kier alpha value is -1.39. The molecule has 3 nitrogen and oxygen atoms in total. The third-order valence-corrected chi connectivity index (χ3v) is 4.75. The van der Waals surface area contributed by atoms with Crippen LogP contribution in [0.1, 0.15) is 24.0 Å². The molecule has 18 heavy (non-hydrogen) atoms. The van der Waals surface area contributed by atoms with Crippen LogP contribution in [-0.4, -0.2) is 14.5 Å². The molecule has 2 unspecified atom stereocenters. The minimum atomic E-state index is -3.64. The molecule has 2 aliphatic rings. The molecule has 0 N–H and O–H groups in total. The maximum absolute atomic E-state index is 12.1. The van der Waals surface area contributed by atoms with Crippen molar-refractivity contribution in [3.63, 3.8) is 0 Å². The fraction of sp³-hybridized carbons (Fsp3) is 0.286. The van der Waals surface area contributed by atoms with Gasteiger partial charge >= 0.3 is 0 Å². The summed E-state index contributed by atoms with van der Waals surface area (Å²) in [7, 11) is -3.64. The number of hydrogen-bond donors (Lipinski definition) is 0. The van der Waals surface area contributed by atoms with Gasteiger partial charge in [0.25, 0.3) is 10.1 Å². The van der Waals surface area contributed by atoms with Crippen LogP contribution in [0, 0.1) is 6.92 Å². The predicted molar refractivity (Wildman–Crippen MR) is 68.9 cm³/mol. The molecular weight excluding hydrogens is 248 g/mol. The van der Waals surface area contributed by atoms with Crippen molar-refractivity contribution in [3.05, 3.63) is 53.1 Å². The van der Waals surface area contributed by atoms with Crippen LogP contribution >= 0.6 is 0 Å². The number of aryl methyl sites for hydroxylation is 1. The molecule has 0 aromatic heterocycles. The zero-order chi connectivity index (χ0) is 12.9. The van der Waals surface area contributed by atoms with Crippen molar-refractivity contribution in [2.75, 3.05) is 0 Å². The van der Waals surface area contributed by atoms with Crippen LogP contribution in [0.4, 0.5) is 0 Å². The lowest BCUT2D eigenvalue weighted by molar-refractivity contribution is 0.224. The molecule has 0 saturated heterocycles. The molecule has 1 heterocycles. The van der Waals surface area contributed by atoms with E-state index < -0.39 is 16.2 Å². The molecule has 0 radical (unpaired) electrons. The van der Waals surface area contributed by atoms with Crippen LogP contribution in [0.3, 0.4) is 0 Å². The van der Waals surface area contributed by atoms with Crippen LogP contribution < -0.4 is 0 Å². The van der Waals surface area contributed by atoms with Gasteiger partial charge in [-0.05, 0) is 31.0 Å². The Morgan fingerprint density at radius 2 is 2.00 bits per heavy atom. The Bertz CT molecular complexity index is 668. The molecule has 2 atom stereocenters. The predicted octanol–water partition coefficient (Wildman–Crippen LogP) is 2.68. The van der Waals surface area contributed by atoms with Gasteiger partial charge in [0.05, 0.1) is 4.90 Å². The van der Waals surface area contributed by atoms with Gasteiger partial charge < -0.3 is 0 Å². The first kappa shape index (κ1) is 11.7. The van der Waals surface area contributed by atoms with Gasteiger partial charge in [-0.25, -0.2) is 0 Å². The number of benzene rings is 1. The third-order valence-electron chi connectivity index (χ3n) is 3.38. The van der Waals surface area contributed by atoms with E-state index in [1.807, 2.05) is 44.2 Å². The Morgan fingerprint density at radius 1 is 1.22 bits per heavy atom. The van der Waals surface area contributed by atoms with Crippen molar-refractivity contribution in [2.24, 2.45) is 0 Å². The highest BCUT2D eigenvalue weighted by Gasteiger charge is 2.37. The van der Waals surface area contributed by atoms with Crippen LogP contribution in [0.25, 0.3) is 0 Å².